The summed E-state index contributed by atoms with van der Waals surface area (Å²) in [4.78, 5) is 0.139. The average Bonchev–Trinajstić information content (AvgIpc) is 3.12. The monoisotopic (exact) mass is 363 g/mol. The lowest BCUT2D eigenvalue weighted by Gasteiger charge is -2.25. The van der Waals surface area contributed by atoms with Gasteiger partial charge in [0.25, 0.3) is 0 Å². The molecule has 0 N–H and O–H groups in total. The van der Waals surface area contributed by atoms with Gasteiger partial charge in [-0.3, -0.25) is 0 Å². The number of halogens is 1. The lowest BCUT2D eigenvalue weighted by atomic mass is 10.1. The van der Waals surface area contributed by atoms with E-state index in [9.17, 15) is 12.8 Å². The van der Waals surface area contributed by atoms with Crippen molar-refractivity contribution in [2.45, 2.75) is 23.8 Å². The summed E-state index contributed by atoms with van der Waals surface area (Å²) in [6.45, 7) is 1.20. The van der Waals surface area contributed by atoms with Crippen LogP contribution in [-0.2, 0) is 10.0 Å². The van der Waals surface area contributed by atoms with E-state index in [4.69, 9.17) is 9.47 Å². The molecule has 2 aromatic rings. The van der Waals surface area contributed by atoms with Crippen LogP contribution in [0.25, 0.3) is 0 Å². The first-order valence-corrected chi connectivity index (χ1v) is 9.67. The van der Waals surface area contributed by atoms with E-state index in [0.717, 1.165) is 0 Å². The Labute approximate surface area is 146 Å². The van der Waals surface area contributed by atoms with E-state index in [1.807, 2.05) is 0 Å². The van der Waals surface area contributed by atoms with Gasteiger partial charge < -0.3 is 9.47 Å². The molecule has 25 heavy (non-hydrogen) atoms. The van der Waals surface area contributed by atoms with Gasteiger partial charge in [-0.15, -0.1) is 0 Å². The zero-order valence-electron chi connectivity index (χ0n) is 13.5. The topological polar surface area (TPSA) is 55.8 Å². The van der Waals surface area contributed by atoms with Crippen molar-refractivity contribution in [3.05, 3.63) is 53.8 Å². The molecule has 0 aromatic heterocycles. The van der Waals surface area contributed by atoms with Crippen molar-refractivity contribution in [3.8, 4) is 11.5 Å². The van der Waals surface area contributed by atoms with Crippen LogP contribution in [0.4, 0.5) is 4.39 Å². The number of fused-ring (bicyclic) bond motifs is 1. The first kappa shape index (κ1) is 16.4. The summed E-state index contributed by atoms with van der Waals surface area (Å²) < 4.78 is 52.7. The predicted octanol–water partition coefficient (Wildman–Crippen LogP) is 3.12. The maximum atomic E-state index is 14.2. The molecule has 2 aliphatic heterocycles. The fourth-order valence-electron chi connectivity index (χ4n) is 3.40. The van der Waals surface area contributed by atoms with Crippen molar-refractivity contribution in [3.63, 3.8) is 0 Å². The summed E-state index contributed by atoms with van der Waals surface area (Å²) in [6, 6.07) is 10.5. The standard InChI is InChI=1S/C18H18FNO4S/c19-15-5-2-1-4-14(15)16-6-3-9-20(16)25(21,22)13-7-8-17-18(12-13)24-11-10-23-17/h1-2,4-5,7-8,12,16H,3,6,9-11H2/t16-/m0/s1. The number of hydrogen-bond acceptors (Lipinski definition) is 4. The number of rotatable bonds is 3. The molecule has 0 aliphatic carbocycles. The Morgan fingerprint density at radius 1 is 1.04 bits per heavy atom. The van der Waals surface area contributed by atoms with Crippen LogP contribution in [0.3, 0.4) is 0 Å². The fourth-order valence-corrected chi connectivity index (χ4v) is 5.09. The van der Waals surface area contributed by atoms with E-state index in [1.165, 1.54) is 22.5 Å². The maximum Gasteiger partial charge on any atom is 0.243 e. The quantitative estimate of drug-likeness (QED) is 0.841. The van der Waals surface area contributed by atoms with Gasteiger partial charge in [-0.2, -0.15) is 4.31 Å². The highest BCUT2D eigenvalue weighted by molar-refractivity contribution is 7.89. The summed E-state index contributed by atoms with van der Waals surface area (Å²) in [5, 5.41) is 0. The maximum absolute atomic E-state index is 14.2. The molecule has 4 rings (SSSR count). The minimum Gasteiger partial charge on any atom is -0.486 e. The van der Waals surface area contributed by atoms with E-state index in [2.05, 4.69) is 0 Å². The smallest absolute Gasteiger partial charge is 0.243 e. The molecule has 2 heterocycles. The van der Waals surface area contributed by atoms with Gasteiger partial charge in [-0.1, -0.05) is 18.2 Å². The van der Waals surface area contributed by atoms with E-state index < -0.39 is 16.1 Å². The summed E-state index contributed by atoms with van der Waals surface area (Å²) in [6.07, 6.45) is 1.30. The molecule has 132 valence electrons. The van der Waals surface area contributed by atoms with Crippen LogP contribution in [0.1, 0.15) is 24.4 Å². The fraction of sp³-hybridized carbons (Fsp3) is 0.333. The Balaban J connectivity index is 1.71. The molecular weight excluding hydrogens is 345 g/mol. The Kier molecular flexibility index (Phi) is 4.13. The Morgan fingerprint density at radius 3 is 2.60 bits per heavy atom. The van der Waals surface area contributed by atoms with Gasteiger partial charge in [0.2, 0.25) is 10.0 Å². The van der Waals surface area contributed by atoms with Gasteiger partial charge in [0.1, 0.15) is 19.0 Å². The molecule has 1 atom stereocenters. The summed E-state index contributed by atoms with van der Waals surface area (Å²) in [7, 11) is -3.76. The molecule has 0 radical (unpaired) electrons. The Morgan fingerprint density at radius 2 is 1.80 bits per heavy atom. The van der Waals surface area contributed by atoms with E-state index in [0.29, 0.717) is 49.7 Å². The molecule has 0 spiro atoms. The zero-order chi connectivity index (χ0) is 17.4. The molecule has 7 heteroatoms. The lowest BCUT2D eigenvalue weighted by Crippen LogP contribution is -2.31. The van der Waals surface area contributed by atoms with Crippen LogP contribution in [0.2, 0.25) is 0 Å². The second kappa shape index (κ2) is 6.31. The van der Waals surface area contributed by atoms with Crippen molar-refractivity contribution >= 4 is 10.0 Å². The van der Waals surface area contributed by atoms with Crippen molar-refractivity contribution in [1.82, 2.24) is 4.31 Å². The second-order valence-electron chi connectivity index (χ2n) is 6.10. The van der Waals surface area contributed by atoms with E-state index >= 15 is 0 Å². The third-order valence-electron chi connectivity index (χ3n) is 4.59. The van der Waals surface area contributed by atoms with Crippen molar-refractivity contribution in [2.24, 2.45) is 0 Å². The second-order valence-corrected chi connectivity index (χ2v) is 7.99. The van der Waals surface area contributed by atoms with Gasteiger partial charge in [-0.25, -0.2) is 12.8 Å². The van der Waals surface area contributed by atoms with Crippen LogP contribution in [0.15, 0.2) is 47.4 Å². The minimum atomic E-state index is -3.76. The molecule has 0 bridgehead atoms. The first-order valence-electron chi connectivity index (χ1n) is 8.23. The summed E-state index contributed by atoms with van der Waals surface area (Å²) in [5.41, 5.74) is 0.418. The number of benzene rings is 2. The normalized spacial score (nSPS) is 20.6. The lowest BCUT2D eigenvalue weighted by molar-refractivity contribution is 0.171. The van der Waals surface area contributed by atoms with Gasteiger partial charge in [0.15, 0.2) is 11.5 Å². The molecule has 0 saturated carbocycles. The number of sulfonamides is 1. The molecule has 2 aromatic carbocycles. The highest BCUT2D eigenvalue weighted by Gasteiger charge is 2.37. The summed E-state index contributed by atoms with van der Waals surface area (Å²) >= 11 is 0. The molecule has 1 fully saturated rings. The van der Waals surface area contributed by atoms with Crippen LogP contribution in [0.5, 0.6) is 11.5 Å². The third-order valence-corrected chi connectivity index (χ3v) is 6.49. The highest BCUT2D eigenvalue weighted by atomic mass is 32.2. The van der Waals surface area contributed by atoms with Crippen molar-refractivity contribution in [1.29, 1.82) is 0 Å². The summed E-state index contributed by atoms with van der Waals surface area (Å²) in [5.74, 6) is 0.586. The zero-order valence-corrected chi connectivity index (χ0v) is 14.3. The molecule has 0 amide bonds. The van der Waals surface area contributed by atoms with Crippen LogP contribution in [-0.4, -0.2) is 32.5 Å². The third kappa shape index (κ3) is 2.87. The van der Waals surface area contributed by atoms with Gasteiger partial charge in [0, 0.05) is 18.2 Å². The van der Waals surface area contributed by atoms with Crippen LogP contribution in [0, 0.1) is 5.82 Å². The van der Waals surface area contributed by atoms with Crippen molar-refractivity contribution < 1.29 is 22.3 Å². The number of nitrogens with zero attached hydrogens (tertiary/aromatic N) is 1. The predicted molar refractivity (Wildman–Crippen MR) is 89.7 cm³/mol. The molecule has 0 unspecified atom stereocenters. The Hall–Kier alpha value is -2.12. The molecule has 2 aliphatic rings. The van der Waals surface area contributed by atoms with E-state index in [1.54, 1.807) is 24.3 Å². The van der Waals surface area contributed by atoms with Crippen LogP contribution < -0.4 is 9.47 Å². The minimum absolute atomic E-state index is 0.139. The van der Waals surface area contributed by atoms with E-state index in [-0.39, 0.29) is 10.7 Å². The molecule has 1 saturated heterocycles. The van der Waals surface area contributed by atoms with Crippen molar-refractivity contribution in [2.75, 3.05) is 19.8 Å². The average molecular weight is 363 g/mol. The largest absolute Gasteiger partial charge is 0.486 e. The molecule has 5 nitrogen and oxygen atoms in total. The number of ether oxygens (including phenoxy) is 2. The van der Waals surface area contributed by atoms with Gasteiger partial charge in [-0.05, 0) is 31.0 Å². The molecular formula is C18H18FNO4S. The Bertz CT molecular complexity index is 900. The highest BCUT2D eigenvalue weighted by Crippen LogP contribution is 2.39. The number of hydrogen-bond donors (Lipinski definition) is 0. The SMILES string of the molecule is O=S(=O)(c1ccc2c(c1)OCCO2)N1CCC[C@H]1c1ccccc1F. The van der Waals surface area contributed by atoms with Gasteiger partial charge in [0.05, 0.1) is 10.9 Å². The first-order chi connectivity index (χ1) is 12.1. The van der Waals surface area contributed by atoms with Crippen LogP contribution >= 0.6 is 0 Å². The van der Waals surface area contributed by atoms with Gasteiger partial charge >= 0.3 is 0 Å².